The van der Waals surface area contributed by atoms with Gasteiger partial charge in [-0.2, -0.15) is 0 Å². The summed E-state index contributed by atoms with van der Waals surface area (Å²) in [6, 6.07) is 5.80. The number of ketones is 1. The Hall–Kier alpha value is 0.350. The number of Topliss-reactive ketones (excluding diaryl/α,β-unsaturated/α-hetero) is 1. The molecule has 0 aromatic heterocycles. The van der Waals surface area contributed by atoms with E-state index in [-0.39, 0.29) is 5.78 Å². The van der Waals surface area contributed by atoms with Gasteiger partial charge in [-0.05, 0) is 57.3 Å². The molecule has 1 rings (SSSR count). The van der Waals surface area contributed by atoms with Gasteiger partial charge in [0.1, 0.15) is 0 Å². The van der Waals surface area contributed by atoms with Crippen molar-refractivity contribution >= 4 is 51.0 Å². The van der Waals surface area contributed by atoms with Crippen LogP contribution in [0.4, 0.5) is 0 Å². The Balaban J connectivity index is 3.05. The van der Waals surface area contributed by atoms with Gasteiger partial charge in [0.05, 0.1) is 0 Å². The van der Waals surface area contributed by atoms with Gasteiger partial charge in [-0.1, -0.05) is 13.0 Å². The van der Waals surface area contributed by atoms with Crippen molar-refractivity contribution in [1.29, 1.82) is 0 Å². The van der Waals surface area contributed by atoms with Gasteiger partial charge in [-0.15, -0.1) is 0 Å². The summed E-state index contributed by atoms with van der Waals surface area (Å²) in [7, 11) is 0. The Morgan fingerprint density at radius 3 is 2.50 bits per heavy atom. The van der Waals surface area contributed by atoms with Gasteiger partial charge in [0.25, 0.3) is 0 Å². The Bertz CT molecular complexity index is 307. The van der Waals surface area contributed by atoms with E-state index in [4.69, 9.17) is 0 Å². The lowest BCUT2D eigenvalue weighted by Crippen LogP contribution is -1.97. The number of hydrogen-bond acceptors (Lipinski definition) is 1. The molecule has 1 nitrogen and oxygen atoms in total. The van der Waals surface area contributed by atoms with Crippen molar-refractivity contribution in [3.8, 4) is 0 Å². The van der Waals surface area contributed by atoms with Crippen molar-refractivity contribution in [3.05, 3.63) is 30.9 Å². The van der Waals surface area contributed by atoms with Crippen molar-refractivity contribution in [2.45, 2.75) is 13.3 Å². The minimum Gasteiger partial charge on any atom is -0.294 e. The van der Waals surface area contributed by atoms with Crippen molar-refractivity contribution in [3.63, 3.8) is 0 Å². The van der Waals surface area contributed by atoms with E-state index in [0.717, 1.165) is 9.13 Å². The second-order valence-electron chi connectivity index (χ2n) is 2.41. The van der Waals surface area contributed by atoms with Gasteiger partial charge in [0.15, 0.2) is 5.78 Å². The summed E-state index contributed by atoms with van der Waals surface area (Å²) in [6.07, 6.45) is 0.580. The maximum atomic E-state index is 11.3. The van der Waals surface area contributed by atoms with Crippen molar-refractivity contribution < 1.29 is 4.79 Å². The number of hydrogen-bond donors (Lipinski definition) is 0. The van der Waals surface area contributed by atoms with Gasteiger partial charge in [0.2, 0.25) is 0 Å². The van der Waals surface area contributed by atoms with E-state index < -0.39 is 0 Å². The third-order valence-electron chi connectivity index (χ3n) is 1.56. The molecule has 0 unspecified atom stereocenters. The molecule has 0 bridgehead atoms. The third kappa shape index (κ3) is 2.42. The van der Waals surface area contributed by atoms with Gasteiger partial charge in [0, 0.05) is 19.1 Å². The first kappa shape index (κ1) is 10.4. The topological polar surface area (TPSA) is 17.1 Å². The summed E-state index contributed by atoms with van der Waals surface area (Å²) < 4.78 is 2.34. The molecular formula is C9H8I2O. The third-order valence-corrected chi connectivity index (χ3v) is 4.43. The molecule has 0 N–H and O–H groups in total. The van der Waals surface area contributed by atoms with Crippen LogP contribution in [-0.4, -0.2) is 5.78 Å². The molecule has 1 aromatic rings. The van der Waals surface area contributed by atoms with E-state index in [1.807, 2.05) is 25.1 Å². The number of rotatable bonds is 2. The molecule has 1 aromatic carbocycles. The highest BCUT2D eigenvalue weighted by molar-refractivity contribution is 14.1. The molecular weight excluding hydrogens is 378 g/mol. The standard InChI is InChI=1S/C9H8I2O/c1-2-9(12)6-3-4-7(10)8(11)5-6/h3-5H,2H2,1H3. The first-order chi connectivity index (χ1) is 5.65. The van der Waals surface area contributed by atoms with Crippen LogP contribution in [-0.2, 0) is 0 Å². The smallest absolute Gasteiger partial charge is 0.162 e. The SMILES string of the molecule is CCC(=O)c1ccc(I)c(I)c1. The molecule has 0 fully saturated rings. The van der Waals surface area contributed by atoms with Gasteiger partial charge >= 0.3 is 0 Å². The van der Waals surface area contributed by atoms with Crippen molar-refractivity contribution in [2.24, 2.45) is 0 Å². The summed E-state index contributed by atoms with van der Waals surface area (Å²) >= 11 is 4.50. The summed E-state index contributed by atoms with van der Waals surface area (Å²) in [4.78, 5) is 11.3. The quantitative estimate of drug-likeness (QED) is 0.562. The highest BCUT2D eigenvalue weighted by Gasteiger charge is 2.04. The average molecular weight is 386 g/mol. The first-order valence-electron chi connectivity index (χ1n) is 3.63. The first-order valence-corrected chi connectivity index (χ1v) is 5.79. The Kier molecular flexibility index (Phi) is 3.95. The van der Waals surface area contributed by atoms with Gasteiger partial charge < -0.3 is 0 Å². The van der Waals surface area contributed by atoms with Crippen molar-refractivity contribution in [2.75, 3.05) is 0 Å². The largest absolute Gasteiger partial charge is 0.294 e. The van der Waals surface area contributed by atoms with Crippen LogP contribution in [0.3, 0.4) is 0 Å². The zero-order valence-electron chi connectivity index (χ0n) is 6.60. The molecule has 0 amide bonds. The molecule has 0 saturated carbocycles. The summed E-state index contributed by atoms with van der Waals surface area (Å²) in [6.45, 7) is 1.88. The summed E-state index contributed by atoms with van der Waals surface area (Å²) in [5, 5.41) is 0. The summed E-state index contributed by atoms with van der Waals surface area (Å²) in [5.41, 5.74) is 0.822. The lowest BCUT2D eigenvalue weighted by Gasteiger charge is -1.99. The number of halogens is 2. The molecule has 64 valence electrons. The van der Waals surface area contributed by atoms with Crippen LogP contribution >= 0.6 is 45.2 Å². The molecule has 12 heavy (non-hydrogen) atoms. The monoisotopic (exact) mass is 386 g/mol. The number of carbonyl (C=O) groups excluding carboxylic acids is 1. The van der Waals surface area contributed by atoms with E-state index in [0.29, 0.717) is 6.42 Å². The number of benzene rings is 1. The van der Waals surface area contributed by atoms with Crippen LogP contribution in [0.15, 0.2) is 18.2 Å². The molecule has 0 heterocycles. The zero-order chi connectivity index (χ0) is 9.14. The minimum absolute atomic E-state index is 0.212. The Morgan fingerprint density at radius 1 is 1.33 bits per heavy atom. The van der Waals surface area contributed by atoms with E-state index in [2.05, 4.69) is 45.2 Å². The lowest BCUT2D eigenvalue weighted by molar-refractivity contribution is 0.0988. The molecule has 3 heteroatoms. The summed E-state index contributed by atoms with van der Waals surface area (Å²) in [5.74, 6) is 0.212. The maximum absolute atomic E-state index is 11.3. The fourth-order valence-electron chi connectivity index (χ4n) is 0.874. The average Bonchev–Trinajstić information content (AvgIpc) is 2.08. The van der Waals surface area contributed by atoms with Crippen molar-refractivity contribution in [1.82, 2.24) is 0 Å². The van der Waals surface area contributed by atoms with Crippen LogP contribution in [0.25, 0.3) is 0 Å². The highest BCUT2D eigenvalue weighted by atomic mass is 127. The number of carbonyl (C=O) groups is 1. The van der Waals surface area contributed by atoms with Crippen LogP contribution < -0.4 is 0 Å². The minimum atomic E-state index is 0.212. The predicted octanol–water partition coefficient (Wildman–Crippen LogP) is 3.49. The molecule has 0 saturated heterocycles. The van der Waals surface area contributed by atoms with Gasteiger partial charge in [-0.25, -0.2) is 0 Å². The molecule has 0 spiro atoms. The Labute approximate surface area is 99.2 Å². The van der Waals surface area contributed by atoms with Crippen LogP contribution in [0.2, 0.25) is 0 Å². The Morgan fingerprint density at radius 2 is 2.00 bits per heavy atom. The van der Waals surface area contributed by atoms with E-state index in [1.54, 1.807) is 0 Å². The zero-order valence-corrected chi connectivity index (χ0v) is 10.9. The van der Waals surface area contributed by atoms with Crippen LogP contribution in [0, 0.1) is 7.14 Å². The second kappa shape index (κ2) is 4.55. The van der Waals surface area contributed by atoms with E-state index in [9.17, 15) is 4.79 Å². The van der Waals surface area contributed by atoms with Gasteiger partial charge in [-0.3, -0.25) is 4.79 Å². The lowest BCUT2D eigenvalue weighted by atomic mass is 10.1. The second-order valence-corrected chi connectivity index (χ2v) is 4.73. The van der Waals surface area contributed by atoms with E-state index in [1.165, 1.54) is 3.57 Å². The highest BCUT2D eigenvalue weighted by Crippen LogP contribution is 2.17. The predicted molar refractivity (Wildman–Crippen MR) is 66.5 cm³/mol. The molecule has 0 aliphatic rings. The van der Waals surface area contributed by atoms with Crippen LogP contribution in [0.1, 0.15) is 23.7 Å². The molecule has 0 radical (unpaired) electrons. The molecule has 0 aliphatic heterocycles. The maximum Gasteiger partial charge on any atom is 0.162 e. The fraction of sp³-hybridized carbons (Fsp3) is 0.222. The molecule has 0 atom stereocenters. The normalized spacial score (nSPS) is 9.92. The molecule has 0 aliphatic carbocycles. The fourth-order valence-corrected chi connectivity index (χ4v) is 1.72. The van der Waals surface area contributed by atoms with Crippen LogP contribution in [0.5, 0.6) is 0 Å². The van der Waals surface area contributed by atoms with E-state index >= 15 is 0 Å².